The van der Waals surface area contributed by atoms with Gasteiger partial charge < -0.3 is 0 Å². The lowest BCUT2D eigenvalue weighted by atomic mass is 9.95. The van der Waals surface area contributed by atoms with Crippen molar-refractivity contribution in [3.05, 3.63) is 146 Å². The van der Waals surface area contributed by atoms with E-state index < -0.39 is 0 Å². The third-order valence-corrected chi connectivity index (χ3v) is 8.19. The minimum atomic E-state index is 0.499. The quantitative estimate of drug-likeness (QED) is 0.214. The molecule has 0 amide bonds. The van der Waals surface area contributed by atoms with E-state index in [1.165, 1.54) is 10.8 Å². The van der Waals surface area contributed by atoms with Crippen molar-refractivity contribution in [1.29, 1.82) is 0 Å². The van der Waals surface area contributed by atoms with Gasteiger partial charge in [-0.3, -0.25) is 4.57 Å². The van der Waals surface area contributed by atoms with Crippen LogP contribution in [0.25, 0.3) is 61.4 Å². The van der Waals surface area contributed by atoms with Crippen LogP contribution in [0.2, 0.25) is 0 Å². The molecule has 3 heterocycles. The first-order valence-electron chi connectivity index (χ1n) is 14.6. The lowest BCUT2D eigenvalue weighted by molar-refractivity contribution is 0.974. The van der Waals surface area contributed by atoms with Gasteiger partial charge in [0.1, 0.15) is 0 Å². The number of hydrogen-bond acceptors (Lipinski definition) is 5. The topological polar surface area (TPSA) is 59.7 Å². The molecule has 0 unspecified atom stereocenters. The molecule has 0 saturated carbocycles. The molecular formula is C38H24N6. The third-order valence-electron chi connectivity index (χ3n) is 8.19. The summed E-state index contributed by atoms with van der Waals surface area (Å²) in [5.74, 6) is 2.42. The van der Waals surface area contributed by atoms with E-state index in [0.717, 1.165) is 50.6 Å². The van der Waals surface area contributed by atoms with E-state index in [4.69, 9.17) is 19.9 Å². The summed E-state index contributed by atoms with van der Waals surface area (Å²) in [6.45, 7) is 0. The largest absolute Gasteiger partial charge is 0.277 e. The van der Waals surface area contributed by atoms with Gasteiger partial charge in [0.05, 0.1) is 22.4 Å². The van der Waals surface area contributed by atoms with Crippen LogP contribution in [-0.4, -0.2) is 24.5 Å². The maximum absolute atomic E-state index is 5.24. The average Bonchev–Trinajstić information content (AvgIpc) is 3.42. The van der Waals surface area contributed by atoms with Crippen molar-refractivity contribution in [2.75, 3.05) is 4.90 Å². The van der Waals surface area contributed by atoms with Gasteiger partial charge in [0.15, 0.2) is 11.6 Å². The molecule has 0 fully saturated rings. The molecule has 6 aromatic carbocycles. The number of para-hydroxylation sites is 3. The Morgan fingerprint density at radius 2 is 1.09 bits per heavy atom. The summed E-state index contributed by atoms with van der Waals surface area (Å²) < 4.78 is 2.24. The van der Waals surface area contributed by atoms with E-state index in [2.05, 4.69) is 88.3 Å². The number of aromatic nitrogens is 5. The van der Waals surface area contributed by atoms with Gasteiger partial charge in [-0.15, -0.1) is 0 Å². The van der Waals surface area contributed by atoms with E-state index in [-0.39, 0.29) is 0 Å². The van der Waals surface area contributed by atoms with Gasteiger partial charge in [0, 0.05) is 22.3 Å². The van der Waals surface area contributed by atoms with Crippen LogP contribution in [0.4, 0.5) is 17.6 Å². The number of anilines is 3. The Kier molecular flexibility index (Phi) is 5.40. The summed E-state index contributed by atoms with van der Waals surface area (Å²) in [5, 5.41) is 2.35. The van der Waals surface area contributed by atoms with Crippen LogP contribution in [-0.2, 0) is 0 Å². The summed E-state index contributed by atoms with van der Waals surface area (Å²) in [6.07, 6.45) is 0. The van der Waals surface area contributed by atoms with E-state index in [0.29, 0.717) is 17.6 Å². The zero-order chi connectivity index (χ0) is 29.0. The normalized spacial score (nSPS) is 12.0. The second kappa shape index (κ2) is 9.71. The lowest BCUT2D eigenvalue weighted by Crippen LogP contribution is -2.18. The molecule has 1 aliphatic heterocycles. The summed E-state index contributed by atoms with van der Waals surface area (Å²) in [6, 6.07) is 49.8. The zero-order valence-electron chi connectivity index (χ0n) is 23.5. The van der Waals surface area contributed by atoms with Gasteiger partial charge in [0.25, 0.3) is 0 Å². The van der Waals surface area contributed by atoms with Crippen molar-refractivity contribution < 1.29 is 0 Å². The molecular weight excluding hydrogens is 540 g/mol. The first kappa shape index (κ1) is 24.5. The van der Waals surface area contributed by atoms with Gasteiger partial charge >= 0.3 is 0 Å². The van der Waals surface area contributed by atoms with Crippen LogP contribution in [0.15, 0.2) is 146 Å². The van der Waals surface area contributed by atoms with Crippen molar-refractivity contribution in [3.8, 4) is 39.6 Å². The molecule has 0 radical (unpaired) electrons. The molecule has 44 heavy (non-hydrogen) atoms. The molecule has 206 valence electrons. The number of nitrogens with zero attached hydrogens (tertiary/aromatic N) is 6. The first-order chi connectivity index (χ1) is 21.8. The van der Waals surface area contributed by atoms with Crippen molar-refractivity contribution in [1.82, 2.24) is 24.5 Å². The van der Waals surface area contributed by atoms with E-state index in [9.17, 15) is 0 Å². The van der Waals surface area contributed by atoms with Crippen LogP contribution >= 0.6 is 0 Å². The minimum Gasteiger partial charge on any atom is -0.277 e. The van der Waals surface area contributed by atoms with E-state index in [1.807, 2.05) is 66.7 Å². The molecule has 0 saturated heterocycles. The molecule has 0 spiro atoms. The molecule has 9 rings (SSSR count). The van der Waals surface area contributed by atoms with Crippen molar-refractivity contribution >= 4 is 39.4 Å². The van der Waals surface area contributed by atoms with Crippen LogP contribution in [0.5, 0.6) is 0 Å². The fourth-order valence-electron chi connectivity index (χ4n) is 6.21. The molecule has 0 N–H and O–H groups in total. The van der Waals surface area contributed by atoms with Gasteiger partial charge in [-0.2, -0.15) is 9.97 Å². The van der Waals surface area contributed by atoms with Crippen LogP contribution in [0.1, 0.15) is 0 Å². The smallest absolute Gasteiger partial charge is 0.241 e. The highest BCUT2D eigenvalue weighted by Gasteiger charge is 2.32. The highest BCUT2D eigenvalue weighted by molar-refractivity contribution is 6.07. The van der Waals surface area contributed by atoms with E-state index >= 15 is 0 Å². The second-order valence-corrected chi connectivity index (χ2v) is 10.8. The minimum absolute atomic E-state index is 0.499. The molecule has 0 aliphatic carbocycles. The Morgan fingerprint density at radius 1 is 0.455 bits per heavy atom. The summed E-state index contributed by atoms with van der Waals surface area (Å²) in [5.41, 5.74) is 7.97. The Labute approximate surface area is 253 Å². The summed E-state index contributed by atoms with van der Waals surface area (Å²) in [4.78, 5) is 22.6. The van der Waals surface area contributed by atoms with Crippen molar-refractivity contribution in [2.24, 2.45) is 0 Å². The second-order valence-electron chi connectivity index (χ2n) is 10.8. The maximum Gasteiger partial charge on any atom is 0.241 e. The average molecular weight is 565 g/mol. The van der Waals surface area contributed by atoms with Crippen LogP contribution < -0.4 is 4.90 Å². The Hall–Kier alpha value is -6.14. The SMILES string of the molecule is c1ccc(-c2nc(-c3ccccc3)nc(N3c4ccccc4-c4c(ccc5ccccc45)-n4c3nc3ccccc34)n2)cc1. The molecule has 6 nitrogen and oxygen atoms in total. The highest BCUT2D eigenvalue weighted by atomic mass is 15.4. The molecule has 0 atom stereocenters. The molecule has 8 aromatic rings. The third kappa shape index (κ3) is 3.75. The van der Waals surface area contributed by atoms with Crippen molar-refractivity contribution in [2.45, 2.75) is 0 Å². The fraction of sp³-hybridized carbons (Fsp3) is 0. The van der Waals surface area contributed by atoms with Gasteiger partial charge in [-0.05, 0) is 35.0 Å². The Balaban J connectivity index is 1.41. The number of benzene rings is 6. The van der Waals surface area contributed by atoms with Crippen LogP contribution in [0.3, 0.4) is 0 Å². The fourth-order valence-corrected chi connectivity index (χ4v) is 6.21. The first-order valence-corrected chi connectivity index (χ1v) is 14.6. The lowest BCUT2D eigenvalue weighted by Gasteiger charge is -2.23. The number of imidazole rings is 1. The molecule has 6 heteroatoms. The number of hydrogen-bond donors (Lipinski definition) is 0. The monoisotopic (exact) mass is 564 g/mol. The molecule has 2 aromatic heterocycles. The van der Waals surface area contributed by atoms with Crippen LogP contribution in [0, 0.1) is 0 Å². The summed E-state index contributed by atoms with van der Waals surface area (Å²) >= 11 is 0. The number of fused-ring (bicyclic) bond motifs is 9. The molecule has 1 aliphatic rings. The Bertz CT molecular complexity index is 2290. The zero-order valence-corrected chi connectivity index (χ0v) is 23.5. The standard InChI is InChI=1S/C38H24N6/c1-3-14-26(15-4-1)35-40-36(27-16-5-2-6-17-27)42-37(41-35)44-31-21-11-9-19-29(31)34-28-18-8-7-13-25(28)23-24-33(34)43-32-22-12-10-20-30(32)39-38(43)44/h1-24H. The van der Waals surface area contributed by atoms with E-state index in [1.54, 1.807) is 0 Å². The van der Waals surface area contributed by atoms with Gasteiger partial charge in [-0.25, -0.2) is 14.9 Å². The highest BCUT2D eigenvalue weighted by Crippen LogP contribution is 2.49. The molecule has 0 bridgehead atoms. The van der Waals surface area contributed by atoms with Gasteiger partial charge in [-0.1, -0.05) is 121 Å². The predicted molar refractivity (Wildman–Crippen MR) is 177 cm³/mol. The maximum atomic E-state index is 5.24. The summed E-state index contributed by atoms with van der Waals surface area (Å²) in [7, 11) is 0. The predicted octanol–water partition coefficient (Wildman–Crippen LogP) is 9.15. The Morgan fingerprint density at radius 3 is 1.86 bits per heavy atom. The van der Waals surface area contributed by atoms with Crippen molar-refractivity contribution in [3.63, 3.8) is 0 Å². The number of rotatable bonds is 3. The van der Waals surface area contributed by atoms with Gasteiger partial charge in [0.2, 0.25) is 11.9 Å².